The van der Waals surface area contributed by atoms with Gasteiger partial charge in [0.2, 0.25) is 5.91 Å². The molecule has 1 aliphatic rings. The number of thiocarbonyl (C=S) groups is 1. The minimum absolute atomic E-state index is 0.0346. The van der Waals surface area contributed by atoms with Crippen molar-refractivity contribution in [2.24, 2.45) is 0 Å². The summed E-state index contributed by atoms with van der Waals surface area (Å²) < 4.78 is 2.20. The number of carbonyl (C=O) groups excluding carboxylic acids is 1. The molecule has 188 valence electrons. The summed E-state index contributed by atoms with van der Waals surface area (Å²) in [4.78, 5) is 24.2. The molecular formula is C29H30N6OS. The lowest BCUT2D eigenvalue weighted by Gasteiger charge is -2.28. The molecule has 1 aromatic carbocycles. The Labute approximate surface area is 222 Å². The van der Waals surface area contributed by atoms with Gasteiger partial charge < -0.3 is 20.1 Å². The minimum atomic E-state index is -0.144. The number of hydrogen-bond acceptors (Lipinski definition) is 4. The molecular weight excluding hydrogens is 480 g/mol. The molecule has 1 amide bonds. The highest BCUT2D eigenvalue weighted by molar-refractivity contribution is 7.80. The largest absolute Gasteiger partial charge is 0.352 e. The Morgan fingerprint density at radius 2 is 1.78 bits per heavy atom. The van der Waals surface area contributed by atoms with Crippen molar-refractivity contribution in [2.75, 3.05) is 11.9 Å². The van der Waals surface area contributed by atoms with Gasteiger partial charge in [-0.05, 0) is 66.7 Å². The first-order chi connectivity index (χ1) is 18.1. The van der Waals surface area contributed by atoms with Crippen molar-refractivity contribution in [3.63, 3.8) is 0 Å². The second-order valence-electron chi connectivity index (χ2n) is 9.01. The maximum absolute atomic E-state index is 13.0. The highest BCUT2D eigenvalue weighted by Crippen LogP contribution is 2.39. The number of carbonyl (C=O) groups is 1. The van der Waals surface area contributed by atoms with Gasteiger partial charge in [-0.25, -0.2) is 0 Å². The summed E-state index contributed by atoms with van der Waals surface area (Å²) in [5.74, 6) is -0.0346. The van der Waals surface area contributed by atoms with Gasteiger partial charge in [-0.3, -0.25) is 14.8 Å². The fourth-order valence-corrected chi connectivity index (χ4v) is 5.19. The van der Waals surface area contributed by atoms with E-state index in [-0.39, 0.29) is 18.0 Å². The van der Waals surface area contributed by atoms with E-state index in [0.717, 1.165) is 34.8 Å². The summed E-state index contributed by atoms with van der Waals surface area (Å²) >= 11 is 5.80. The summed E-state index contributed by atoms with van der Waals surface area (Å²) in [7, 11) is 0. The summed E-state index contributed by atoms with van der Waals surface area (Å²) in [6.45, 7) is 3.21. The van der Waals surface area contributed by atoms with Crippen LogP contribution in [0.1, 0.15) is 48.1 Å². The van der Waals surface area contributed by atoms with Gasteiger partial charge in [-0.1, -0.05) is 37.3 Å². The molecule has 5 rings (SSSR count). The number of anilines is 1. The number of nitrogens with zero attached hydrogens (tertiary/aromatic N) is 4. The molecule has 4 aromatic rings. The van der Waals surface area contributed by atoms with Gasteiger partial charge >= 0.3 is 0 Å². The van der Waals surface area contributed by atoms with Gasteiger partial charge in [0.25, 0.3) is 0 Å². The maximum atomic E-state index is 13.0. The highest BCUT2D eigenvalue weighted by atomic mass is 32.1. The molecule has 1 aliphatic heterocycles. The molecule has 0 aliphatic carbocycles. The summed E-state index contributed by atoms with van der Waals surface area (Å²) in [5, 5.41) is 7.18. The molecule has 4 heterocycles. The Kier molecular flexibility index (Phi) is 7.56. The van der Waals surface area contributed by atoms with Gasteiger partial charge in [0, 0.05) is 42.9 Å². The van der Waals surface area contributed by atoms with Gasteiger partial charge in [-0.15, -0.1) is 0 Å². The van der Waals surface area contributed by atoms with Crippen LogP contribution < -0.4 is 10.6 Å². The molecule has 3 aromatic heterocycles. The molecule has 2 atom stereocenters. The molecule has 7 nitrogen and oxygen atoms in total. The minimum Gasteiger partial charge on any atom is -0.352 e. The zero-order valence-electron chi connectivity index (χ0n) is 20.7. The number of nitrogens with one attached hydrogen (secondary N) is 2. The number of benzene rings is 1. The highest BCUT2D eigenvalue weighted by Gasteiger charge is 2.41. The molecule has 1 fully saturated rings. The average molecular weight is 511 g/mol. The van der Waals surface area contributed by atoms with Crippen LogP contribution in [0.15, 0.2) is 91.4 Å². The van der Waals surface area contributed by atoms with Crippen LogP contribution in [0, 0.1) is 0 Å². The van der Waals surface area contributed by atoms with Crippen molar-refractivity contribution in [3.8, 4) is 0 Å². The summed E-state index contributed by atoms with van der Waals surface area (Å²) in [6.07, 6.45) is 6.84. The van der Waals surface area contributed by atoms with Crippen LogP contribution in [0.3, 0.4) is 0 Å². The molecule has 1 saturated heterocycles. The van der Waals surface area contributed by atoms with E-state index < -0.39 is 0 Å². The lowest BCUT2D eigenvalue weighted by molar-refractivity contribution is -0.116. The average Bonchev–Trinajstić information content (AvgIpc) is 3.52. The predicted octanol–water partition coefficient (Wildman–Crippen LogP) is 4.89. The van der Waals surface area contributed by atoms with Gasteiger partial charge in [0.15, 0.2) is 5.11 Å². The summed E-state index contributed by atoms with van der Waals surface area (Å²) in [6, 6.07) is 23.6. The van der Waals surface area contributed by atoms with E-state index in [9.17, 15) is 4.79 Å². The number of amides is 1. The van der Waals surface area contributed by atoms with E-state index in [1.54, 1.807) is 6.20 Å². The second kappa shape index (κ2) is 11.3. The number of aryl methyl sites for hydroxylation is 1. The van der Waals surface area contributed by atoms with Crippen LogP contribution in [-0.2, 0) is 17.8 Å². The summed E-state index contributed by atoms with van der Waals surface area (Å²) in [5.41, 5.74) is 4.96. The topological polar surface area (TPSA) is 75.1 Å². The molecule has 8 heteroatoms. The molecule has 37 heavy (non-hydrogen) atoms. The standard InChI is InChI=1S/C29H30N6OS/c1-2-21-10-3-4-12-23(21)32-26(36)15-19-35-28(27(33-29(35)37)24-13-6-8-17-31-24)25-14-9-18-34(25)20-22-11-5-7-16-30-22/h3-14,16-18,27-28H,2,15,19-20H2,1H3,(H,32,36)(H,33,37)/t27-,28+/m1/s1. The zero-order chi connectivity index (χ0) is 25.6. The first-order valence-electron chi connectivity index (χ1n) is 12.5. The third kappa shape index (κ3) is 5.54. The van der Waals surface area contributed by atoms with Gasteiger partial charge in [-0.2, -0.15) is 0 Å². The van der Waals surface area contributed by atoms with Crippen LogP contribution in [0.4, 0.5) is 5.69 Å². The van der Waals surface area contributed by atoms with Crippen LogP contribution in [-0.4, -0.2) is 37.0 Å². The van der Waals surface area contributed by atoms with Crippen molar-refractivity contribution < 1.29 is 4.79 Å². The SMILES string of the molecule is CCc1ccccc1NC(=O)CCN1C(=S)N[C@H](c2ccccn2)[C@@H]1c1cccn1Cc1ccccn1. The smallest absolute Gasteiger partial charge is 0.226 e. The molecule has 0 spiro atoms. The number of pyridine rings is 2. The van der Waals surface area contributed by atoms with Crippen LogP contribution in [0.5, 0.6) is 0 Å². The lowest BCUT2D eigenvalue weighted by atomic mass is 10.0. The lowest BCUT2D eigenvalue weighted by Crippen LogP contribution is -2.33. The van der Waals surface area contributed by atoms with E-state index in [4.69, 9.17) is 12.2 Å². The molecule has 0 bridgehead atoms. The Morgan fingerprint density at radius 3 is 2.54 bits per heavy atom. The van der Waals surface area contributed by atoms with E-state index >= 15 is 0 Å². The van der Waals surface area contributed by atoms with Crippen molar-refractivity contribution in [1.82, 2.24) is 24.8 Å². The Hall–Kier alpha value is -4.04. The number of aromatic nitrogens is 3. The van der Waals surface area contributed by atoms with Crippen LogP contribution >= 0.6 is 12.2 Å². The quantitative estimate of drug-likeness (QED) is 0.312. The normalized spacial score (nSPS) is 17.0. The van der Waals surface area contributed by atoms with Crippen LogP contribution in [0.2, 0.25) is 0 Å². The van der Waals surface area contributed by atoms with E-state index in [1.165, 1.54) is 0 Å². The van der Waals surface area contributed by atoms with Gasteiger partial charge in [0.05, 0.1) is 30.0 Å². The van der Waals surface area contributed by atoms with E-state index in [1.807, 2.05) is 72.9 Å². The van der Waals surface area contributed by atoms with Crippen molar-refractivity contribution in [2.45, 2.75) is 38.4 Å². The molecule has 0 saturated carbocycles. The van der Waals surface area contributed by atoms with Crippen molar-refractivity contribution in [3.05, 3.63) is 114 Å². The Balaban J connectivity index is 1.40. The monoisotopic (exact) mass is 510 g/mol. The first-order valence-corrected chi connectivity index (χ1v) is 13.0. The fraction of sp³-hybridized carbons (Fsp3) is 0.241. The fourth-order valence-electron chi connectivity index (χ4n) is 4.86. The molecule has 0 radical (unpaired) electrons. The number of para-hydroxylation sites is 1. The third-order valence-electron chi connectivity index (χ3n) is 6.68. The van der Waals surface area contributed by atoms with Crippen LogP contribution in [0.25, 0.3) is 0 Å². The third-order valence-corrected chi connectivity index (χ3v) is 7.03. The number of hydrogen-bond donors (Lipinski definition) is 2. The molecule has 0 unspecified atom stereocenters. The van der Waals surface area contributed by atoms with E-state index in [0.29, 0.717) is 24.6 Å². The first kappa shape index (κ1) is 24.6. The maximum Gasteiger partial charge on any atom is 0.226 e. The Morgan fingerprint density at radius 1 is 1.00 bits per heavy atom. The second-order valence-corrected chi connectivity index (χ2v) is 9.40. The Bertz CT molecular complexity index is 1360. The molecule has 2 N–H and O–H groups in total. The van der Waals surface area contributed by atoms with Crippen molar-refractivity contribution in [1.29, 1.82) is 0 Å². The van der Waals surface area contributed by atoms with E-state index in [2.05, 4.69) is 49.3 Å². The van der Waals surface area contributed by atoms with Gasteiger partial charge in [0.1, 0.15) is 0 Å². The number of rotatable bonds is 9. The van der Waals surface area contributed by atoms with Crippen molar-refractivity contribution >= 4 is 28.9 Å². The zero-order valence-corrected chi connectivity index (χ0v) is 21.6. The predicted molar refractivity (Wildman–Crippen MR) is 149 cm³/mol.